The molecule has 0 unspecified atom stereocenters. The number of rotatable bonds is 8. The van der Waals surface area contributed by atoms with Crippen LogP contribution in [0.3, 0.4) is 0 Å². The summed E-state index contributed by atoms with van der Waals surface area (Å²) in [7, 11) is 0. The molecule has 0 saturated carbocycles. The van der Waals surface area contributed by atoms with Crippen molar-refractivity contribution in [1.29, 1.82) is 0 Å². The molecule has 1 aromatic heterocycles. The van der Waals surface area contributed by atoms with Gasteiger partial charge in [0.25, 0.3) is 0 Å². The Morgan fingerprint density at radius 1 is 1.38 bits per heavy atom. The second-order valence-corrected chi connectivity index (χ2v) is 3.90. The van der Waals surface area contributed by atoms with Gasteiger partial charge >= 0.3 is 0 Å². The van der Waals surface area contributed by atoms with Crippen molar-refractivity contribution in [3.8, 4) is 0 Å². The van der Waals surface area contributed by atoms with Crippen molar-refractivity contribution in [2.45, 2.75) is 46.2 Å². The minimum atomic E-state index is 0.286. The summed E-state index contributed by atoms with van der Waals surface area (Å²) in [6, 6.07) is 2.17. The molecule has 1 aromatic rings. The molecule has 0 atom stereocenters. The highest BCUT2D eigenvalue weighted by Gasteiger charge is 2.04. The van der Waals surface area contributed by atoms with Crippen LogP contribution in [-0.4, -0.2) is 28.0 Å². The number of aryl methyl sites for hydroxylation is 2. The Labute approximate surface area is 97.7 Å². The van der Waals surface area contributed by atoms with E-state index in [-0.39, 0.29) is 6.61 Å². The van der Waals surface area contributed by atoms with E-state index < -0.39 is 0 Å². The number of hydrogen-bond donors (Lipinski definition) is 2. The van der Waals surface area contributed by atoms with E-state index in [2.05, 4.69) is 35.0 Å². The van der Waals surface area contributed by atoms with Crippen molar-refractivity contribution in [3.05, 3.63) is 17.5 Å². The molecule has 4 nitrogen and oxygen atoms in total. The number of aliphatic hydroxyl groups is 1. The molecule has 0 aliphatic rings. The summed E-state index contributed by atoms with van der Waals surface area (Å²) >= 11 is 0. The lowest BCUT2D eigenvalue weighted by atomic mass is 10.3. The molecule has 0 amide bonds. The first-order valence-electron chi connectivity index (χ1n) is 6.19. The Balaban J connectivity index is 2.37. The van der Waals surface area contributed by atoms with Crippen molar-refractivity contribution >= 4 is 0 Å². The SMILES string of the molecule is CCc1cc(CNCCCCO)n(CC)n1. The van der Waals surface area contributed by atoms with Gasteiger partial charge in [-0.05, 0) is 38.8 Å². The molecule has 92 valence electrons. The van der Waals surface area contributed by atoms with Crippen LogP contribution in [-0.2, 0) is 19.5 Å². The maximum absolute atomic E-state index is 8.66. The molecule has 2 N–H and O–H groups in total. The molecule has 0 fully saturated rings. The molecule has 0 aliphatic carbocycles. The molecule has 1 heterocycles. The van der Waals surface area contributed by atoms with Crippen molar-refractivity contribution in [1.82, 2.24) is 15.1 Å². The standard InChI is InChI=1S/C12H23N3O/c1-3-11-9-12(15(4-2)14-11)10-13-7-5-6-8-16/h9,13,16H,3-8,10H2,1-2H3. The lowest BCUT2D eigenvalue weighted by molar-refractivity contribution is 0.283. The van der Waals surface area contributed by atoms with Crippen molar-refractivity contribution in [3.63, 3.8) is 0 Å². The third kappa shape index (κ3) is 3.94. The first-order valence-corrected chi connectivity index (χ1v) is 6.19. The highest BCUT2D eigenvalue weighted by molar-refractivity contribution is 5.10. The fourth-order valence-electron chi connectivity index (χ4n) is 1.68. The van der Waals surface area contributed by atoms with Crippen LogP contribution in [0.4, 0.5) is 0 Å². The zero-order chi connectivity index (χ0) is 11.8. The van der Waals surface area contributed by atoms with Gasteiger partial charge in [0.2, 0.25) is 0 Å². The average molecular weight is 225 g/mol. The van der Waals surface area contributed by atoms with Gasteiger partial charge in [-0.1, -0.05) is 6.92 Å². The molecule has 16 heavy (non-hydrogen) atoms. The second kappa shape index (κ2) is 7.41. The average Bonchev–Trinajstić information content (AvgIpc) is 2.71. The number of unbranched alkanes of at least 4 members (excludes halogenated alkanes) is 1. The molecule has 0 bridgehead atoms. The molecule has 0 saturated heterocycles. The monoisotopic (exact) mass is 225 g/mol. The molecule has 4 heteroatoms. The third-order valence-electron chi connectivity index (χ3n) is 2.64. The third-order valence-corrected chi connectivity index (χ3v) is 2.64. The van der Waals surface area contributed by atoms with Crippen LogP contribution in [0.5, 0.6) is 0 Å². The minimum Gasteiger partial charge on any atom is -0.396 e. The topological polar surface area (TPSA) is 50.1 Å². The van der Waals surface area contributed by atoms with Crippen LogP contribution in [0.2, 0.25) is 0 Å². The summed E-state index contributed by atoms with van der Waals surface area (Å²) in [6.07, 6.45) is 2.89. The number of aromatic nitrogens is 2. The van der Waals surface area contributed by atoms with E-state index in [0.717, 1.165) is 44.6 Å². The zero-order valence-corrected chi connectivity index (χ0v) is 10.4. The smallest absolute Gasteiger partial charge is 0.0625 e. The predicted octanol–water partition coefficient (Wildman–Crippen LogP) is 1.33. The van der Waals surface area contributed by atoms with Gasteiger partial charge in [-0.2, -0.15) is 5.10 Å². The van der Waals surface area contributed by atoms with Crippen LogP contribution in [0.1, 0.15) is 38.1 Å². The Morgan fingerprint density at radius 2 is 2.19 bits per heavy atom. The van der Waals surface area contributed by atoms with Crippen LogP contribution >= 0.6 is 0 Å². The largest absolute Gasteiger partial charge is 0.396 e. The summed E-state index contributed by atoms with van der Waals surface area (Å²) < 4.78 is 2.05. The van der Waals surface area contributed by atoms with Crippen LogP contribution in [0.15, 0.2) is 6.07 Å². The van der Waals surface area contributed by atoms with Gasteiger partial charge < -0.3 is 10.4 Å². The van der Waals surface area contributed by atoms with Crippen molar-refractivity contribution < 1.29 is 5.11 Å². The summed E-state index contributed by atoms with van der Waals surface area (Å²) in [5.41, 5.74) is 2.41. The maximum Gasteiger partial charge on any atom is 0.0625 e. The summed E-state index contributed by atoms with van der Waals surface area (Å²) in [5, 5.41) is 16.5. The van der Waals surface area contributed by atoms with Gasteiger partial charge in [-0.15, -0.1) is 0 Å². The summed E-state index contributed by atoms with van der Waals surface area (Å²) in [5.74, 6) is 0. The highest BCUT2D eigenvalue weighted by Crippen LogP contribution is 2.05. The minimum absolute atomic E-state index is 0.286. The fourth-order valence-corrected chi connectivity index (χ4v) is 1.68. The number of nitrogens with one attached hydrogen (secondary N) is 1. The molecule has 0 aromatic carbocycles. The Bertz CT molecular complexity index is 296. The lowest BCUT2D eigenvalue weighted by Crippen LogP contribution is -2.17. The van der Waals surface area contributed by atoms with E-state index in [4.69, 9.17) is 5.11 Å². The van der Waals surface area contributed by atoms with E-state index >= 15 is 0 Å². The summed E-state index contributed by atoms with van der Waals surface area (Å²) in [6.45, 7) is 7.27. The van der Waals surface area contributed by atoms with Crippen LogP contribution in [0.25, 0.3) is 0 Å². The fraction of sp³-hybridized carbons (Fsp3) is 0.750. The number of nitrogens with zero attached hydrogens (tertiary/aromatic N) is 2. The molecule has 0 aliphatic heterocycles. The van der Waals surface area contributed by atoms with E-state index in [1.54, 1.807) is 0 Å². The normalized spacial score (nSPS) is 10.9. The molecule has 1 rings (SSSR count). The van der Waals surface area contributed by atoms with Crippen LogP contribution < -0.4 is 5.32 Å². The number of aliphatic hydroxyl groups excluding tert-OH is 1. The molecule has 0 spiro atoms. The van der Waals surface area contributed by atoms with Gasteiger partial charge in [0, 0.05) is 19.7 Å². The second-order valence-electron chi connectivity index (χ2n) is 3.90. The molecular weight excluding hydrogens is 202 g/mol. The van der Waals surface area contributed by atoms with Gasteiger partial charge in [-0.25, -0.2) is 0 Å². The van der Waals surface area contributed by atoms with Gasteiger partial charge in [0.15, 0.2) is 0 Å². The van der Waals surface area contributed by atoms with E-state index in [1.165, 1.54) is 5.69 Å². The number of hydrogen-bond acceptors (Lipinski definition) is 3. The van der Waals surface area contributed by atoms with Gasteiger partial charge in [-0.3, -0.25) is 4.68 Å². The van der Waals surface area contributed by atoms with E-state index in [9.17, 15) is 0 Å². The van der Waals surface area contributed by atoms with Crippen molar-refractivity contribution in [2.75, 3.05) is 13.2 Å². The van der Waals surface area contributed by atoms with Crippen molar-refractivity contribution in [2.24, 2.45) is 0 Å². The van der Waals surface area contributed by atoms with Crippen LogP contribution in [0, 0.1) is 0 Å². The van der Waals surface area contributed by atoms with Gasteiger partial charge in [0.1, 0.15) is 0 Å². The zero-order valence-electron chi connectivity index (χ0n) is 10.4. The van der Waals surface area contributed by atoms with Gasteiger partial charge in [0.05, 0.1) is 11.4 Å². The maximum atomic E-state index is 8.66. The summed E-state index contributed by atoms with van der Waals surface area (Å²) in [4.78, 5) is 0. The lowest BCUT2D eigenvalue weighted by Gasteiger charge is -2.05. The van der Waals surface area contributed by atoms with E-state index in [1.807, 2.05) is 0 Å². The molecular formula is C12H23N3O. The Morgan fingerprint density at radius 3 is 2.81 bits per heavy atom. The molecule has 0 radical (unpaired) electrons. The quantitative estimate of drug-likeness (QED) is 0.656. The Kier molecular flexibility index (Phi) is 6.11. The highest BCUT2D eigenvalue weighted by atomic mass is 16.2. The Hall–Kier alpha value is -0.870. The van der Waals surface area contributed by atoms with E-state index in [0.29, 0.717) is 0 Å². The first kappa shape index (κ1) is 13.2. The predicted molar refractivity (Wildman–Crippen MR) is 65.3 cm³/mol. The first-order chi connectivity index (χ1) is 7.81.